The lowest BCUT2D eigenvalue weighted by Crippen LogP contribution is -2.25. The standard InChI is InChI=1S/C13H20ClN/c1-3-4-6-11(2)15-10-12-7-5-8-13(14)9-12/h5,7-9,11,15H,3-4,6,10H2,1-2H3. The van der Waals surface area contributed by atoms with Gasteiger partial charge in [0.1, 0.15) is 0 Å². The van der Waals surface area contributed by atoms with Gasteiger partial charge < -0.3 is 5.32 Å². The van der Waals surface area contributed by atoms with Crippen LogP contribution in [0, 0.1) is 0 Å². The van der Waals surface area contributed by atoms with Crippen LogP contribution in [0.25, 0.3) is 0 Å². The first-order valence-electron chi connectivity index (χ1n) is 5.70. The number of benzene rings is 1. The third kappa shape index (κ3) is 5.19. The largest absolute Gasteiger partial charge is 0.310 e. The Kier molecular flexibility index (Phi) is 5.74. The topological polar surface area (TPSA) is 12.0 Å². The summed E-state index contributed by atoms with van der Waals surface area (Å²) in [6, 6.07) is 8.61. The second-order valence-corrected chi connectivity index (χ2v) is 4.49. The molecule has 0 aliphatic heterocycles. The van der Waals surface area contributed by atoms with Gasteiger partial charge in [-0.05, 0) is 31.0 Å². The second kappa shape index (κ2) is 6.86. The van der Waals surface area contributed by atoms with Crippen molar-refractivity contribution in [3.05, 3.63) is 34.9 Å². The molecule has 2 heteroatoms. The van der Waals surface area contributed by atoms with Gasteiger partial charge in [0.2, 0.25) is 0 Å². The highest BCUT2D eigenvalue weighted by atomic mass is 35.5. The predicted molar refractivity (Wildman–Crippen MR) is 67.3 cm³/mol. The van der Waals surface area contributed by atoms with Gasteiger partial charge in [-0.25, -0.2) is 0 Å². The predicted octanol–water partition coefficient (Wildman–Crippen LogP) is 4.01. The molecule has 0 aliphatic rings. The van der Waals surface area contributed by atoms with Crippen LogP contribution in [-0.2, 0) is 6.54 Å². The Balaban J connectivity index is 2.30. The van der Waals surface area contributed by atoms with E-state index in [4.69, 9.17) is 11.6 Å². The summed E-state index contributed by atoms with van der Waals surface area (Å²) in [5.74, 6) is 0. The molecule has 15 heavy (non-hydrogen) atoms. The smallest absolute Gasteiger partial charge is 0.0409 e. The normalized spacial score (nSPS) is 12.7. The van der Waals surface area contributed by atoms with Gasteiger partial charge in [-0.3, -0.25) is 0 Å². The molecule has 1 rings (SSSR count). The highest BCUT2D eigenvalue weighted by molar-refractivity contribution is 6.30. The number of hydrogen-bond donors (Lipinski definition) is 1. The van der Waals surface area contributed by atoms with Gasteiger partial charge in [0.05, 0.1) is 0 Å². The van der Waals surface area contributed by atoms with E-state index >= 15 is 0 Å². The SMILES string of the molecule is CCCCC(C)NCc1cccc(Cl)c1. The van der Waals surface area contributed by atoms with E-state index in [9.17, 15) is 0 Å². The summed E-state index contributed by atoms with van der Waals surface area (Å²) in [5.41, 5.74) is 1.26. The second-order valence-electron chi connectivity index (χ2n) is 4.05. The fourth-order valence-corrected chi connectivity index (χ4v) is 1.76. The molecule has 0 fully saturated rings. The van der Waals surface area contributed by atoms with Gasteiger partial charge in [-0.1, -0.05) is 43.5 Å². The molecule has 0 radical (unpaired) electrons. The molecule has 1 unspecified atom stereocenters. The van der Waals surface area contributed by atoms with Crippen LogP contribution < -0.4 is 5.32 Å². The summed E-state index contributed by atoms with van der Waals surface area (Å²) in [4.78, 5) is 0. The molecular weight excluding hydrogens is 206 g/mol. The zero-order valence-electron chi connectivity index (χ0n) is 9.59. The number of rotatable bonds is 6. The average molecular weight is 226 g/mol. The Labute approximate surface area is 97.8 Å². The van der Waals surface area contributed by atoms with E-state index in [0.29, 0.717) is 6.04 Å². The summed E-state index contributed by atoms with van der Waals surface area (Å²) in [5, 5.41) is 4.32. The van der Waals surface area contributed by atoms with Crippen molar-refractivity contribution in [1.29, 1.82) is 0 Å². The summed E-state index contributed by atoms with van der Waals surface area (Å²) in [6.07, 6.45) is 3.81. The fraction of sp³-hybridized carbons (Fsp3) is 0.538. The Morgan fingerprint density at radius 1 is 1.40 bits per heavy atom. The van der Waals surface area contributed by atoms with Gasteiger partial charge in [-0.2, -0.15) is 0 Å². The van der Waals surface area contributed by atoms with E-state index in [1.165, 1.54) is 24.8 Å². The van der Waals surface area contributed by atoms with E-state index in [1.807, 2.05) is 18.2 Å². The van der Waals surface area contributed by atoms with Crippen LogP contribution >= 0.6 is 11.6 Å². The molecule has 1 aromatic rings. The van der Waals surface area contributed by atoms with Crippen molar-refractivity contribution in [1.82, 2.24) is 5.32 Å². The lowest BCUT2D eigenvalue weighted by atomic mass is 10.1. The van der Waals surface area contributed by atoms with Crippen LogP contribution in [0.2, 0.25) is 5.02 Å². The summed E-state index contributed by atoms with van der Waals surface area (Å²) >= 11 is 5.92. The molecule has 1 atom stereocenters. The van der Waals surface area contributed by atoms with Crippen molar-refractivity contribution >= 4 is 11.6 Å². The molecule has 0 amide bonds. The van der Waals surface area contributed by atoms with E-state index in [1.54, 1.807) is 0 Å². The third-order valence-electron chi connectivity index (χ3n) is 2.53. The van der Waals surface area contributed by atoms with Gasteiger partial charge in [0, 0.05) is 17.6 Å². The van der Waals surface area contributed by atoms with Crippen molar-refractivity contribution < 1.29 is 0 Å². The molecule has 0 saturated heterocycles. The van der Waals surface area contributed by atoms with E-state index < -0.39 is 0 Å². The Hall–Kier alpha value is -0.530. The maximum absolute atomic E-state index is 5.92. The van der Waals surface area contributed by atoms with Crippen LogP contribution in [0.15, 0.2) is 24.3 Å². The molecule has 0 bridgehead atoms. The van der Waals surface area contributed by atoms with Crippen molar-refractivity contribution in [3.63, 3.8) is 0 Å². The Bertz CT molecular complexity index is 286. The maximum Gasteiger partial charge on any atom is 0.0409 e. The number of halogens is 1. The van der Waals surface area contributed by atoms with Crippen LogP contribution in [0.1, 0.15) is 38.7 Å². The first-order valence-corrected chi connectivity index (χ1v) is 6.08. The first kappa shape index (κ1) is 12.5. The molecular formula is C13H20ClN. The highest BCUT2D eigenvalue weighted by Crippen LogP contribution is 2.10. The molecule has 0 spiro atoms. The number of nitrogens with one attached hydrogen (secondary N) is 1. The lowest BCUT2D eigenvalue weighted by Gasteiger charge is -2.13. The number of unbranched alkanes of at least 4 members (excludes halogenated alkanes) is 1. The van der Waals surface area contributed by atoms with E-state index in [-0.39, 0.29) is 0 Å². The minimum atomic E-state index is 0.587. The van der Waals surface area contributed by atoms with Crippen molar-refractivity contribution in [2.24, 2.45) is 0 Å². The summed E-state index contributed by atoms with van der Waals surface area (Å²) < 4.78 is 0. The minimum absolute atomic E-state index is 0.587. The van der Waals surface area contributed by atoms with Crippen molar-refractivity contribution in [3.8, 4) is 0 Å². The quantitative estimate of drug-likeness (QED) is 0.772. The summed E-state index contributed by atoms with van der Waals surface area (Å²) in [7, 11) is 0. The molecule has 0 aliphatic carbocycles. The molecule has 1 N–H and O–H groups in total. The van der Waals surface area contributed by atoms with Crippen molar-refractivity contribution in [2.45, 2.75) is 45.7 Å². The minimum Gasteiger partial charge on any atom is -0.310 e. The van der Waals surface area contributed by atoms with E-state index in [2.05, 4.69) is 25.2 Å². The molecule has 0 aromatic heterocycles. The number of hydrogen-bond acceptors (Lipinski definition) is 1. The van der Waals surface area contributed by atoms with Crippen LogP contribution in [0.3, 0.4) is 0 Å². The lowest BCUT2D eigenvalue weighted by molar-refractivity contribution is 0.495. The van der Waals surface area contributed by atoms with Gasteiger partial charge in [0.15, 0.2) is 0 Å². The molecule has 0 heterocycles. The first-order chi connectivity index (χ1) is 7.22. The molecule has 84 valence electrons. The van der Waals surface area contributed by atoms with Crippen LogP contribution in [0.5, 0.6) is 0 Å². The van der Waals surface area contributed by atoms with Gasteiger partial charge in [0.25, 0.3) is 0 Å². The van der Waals surface area contributed by atoms with Crippen LogP contribution in [-0.4, -0.2) is 6.04 Å². The molecule has 1 nitrogen and oxygen atoms in total. The fourth-order valence-electron chi connectivity index (χ4n) is 1.55. The zero-order chi connectivity index (χ0) is 11.1. The Morgan fingerprint density at radius 3 is 2.87 bits per heavy atom. The molecule has 0 saturated carbocycles. The van der Waals surface area contributed by atoms with E-state index in [0.717, 1.165) is 11.6 Å². The Morgan fingerprint density at radius 2 is 2.20 bits per heavy atom. The molecule has 1 aromatic carbocycles. The van der Waals surface area contributed by atoms with Gasteiger partial charge >= 0.3 is 0 Å². The van der Waals surface area contributed by atoms with Gasteiger partial charge in [-0.15, -0.1) is 0 Å². The summed E-state index contributed by atoms with van der Waals surface area (Å²) in [6.45, 7) is 5.37. The third-order valence-corrected chi connectivity index (χ3v) is 2.77. The monoisotopic (exact) mass is 225 g/mol. The highest BCUT2D eigenvalue weighted by Gasteiger charge is 2.00. The maximum atomic E-state index is 5.92. The zero-order valence-corrected chi connectivity index (χ0v) is 10.3. The average Bonchev–Trinajstić information content (AvgIpc) is 2.23. The van der Waals surface area contributed by atoms with Crippen molar-refractivity contribution in [2.75, 3.05) is 0 Å². The van der Waals surface area contributed by atoms with Crippen LogP contribution in [0.4, 0.5) is 0 Å².